The van der Waals surface area contributed by atoms with Gasteiger partial charge in [-0.25, -0.2) is 4.79 Å². The van der Waals surface area contributed by atoms with Gasteiger partial charge in [0.05, 0.1) is 0 Å². The molecule has 72 valence electrons. The van der Waals surface area contributed by atoms with E-state index in [1.807, 2.05) is 5.32 Å². The van der Waals surface area contributed by atoms with Gasteiger partial charge in [0.25, 0.3) is 5.91 Å². The van der Waals surface area contributed by atoms with Crippen LogP contribution in [0, 0.1) is 0 Å². The number of carbonyl (C=O) groups is 3. The molecule has 13 heavy (non-hydrogen) atoms. The molecule has 1 fully saturated rings. The van der Waals surface area contributed by atoms with E-state index in [9.17, 15) is 14.4 Å². The number of urea groups is 1. The van der Waals surface area contributed by atoms with Crippen molar-refractivity contribution in [1.82, 2.24) is 10.6 Å². The number of aliphatic carboxylic acids is 1. The molecule has 0 aromatic carbocycles. The maximum atomic E-state index is 11.1. The highest BCUT2D eigenvalue weighted by Gasteiger charge is 2.41. The Morgan fingerprint density at radius 1 is 1.54 bits per heavy atom. The van der Waals surface area contributed by atoms with Crippen LogP contribution in [0.3, 0.4) is 0 Å². The summed E-state index contributed by atoms with van der Waals surface area (Å²) in [5, 5.41) is 12.8. The summed E-state index contributed by atoms with van der Waals surface area (Å²) in [6, 6.07) is -0.571. The van der Waals surface area contributed by atoms with Gasteiger partial charge in [-0.15, -0.1) is 0 Å². The zero-order valence-corrected chi connectivity index (χ0v) is 7.09. The zero-order valence-electron chi connectivity index (χ0n) is 7.09. The molecule has 1 saturated heterocycles. The first-order chi connectivity index (χ1) is 5.94. The van der Waals surface area contributed by atoms with E-state index in [1.165, 1.54) is 6.92 Å². The van der Waals surface area contributed by atoms with Crippen molar-refractivity contribution in [2.24, 2.45) is 0 Å². The molecule has 1 atom stereocenters. The third-order valence-corrected chi connectivity index (χ3v) is 1.96. The standard InChI is InChI=1S/C7H10N2O4/c1-7(3-2-4(10)11)5(12)8-6(13)9-7/h2-3H2,1H3,(H,10,11)(H2,8,9,12,13)/t7-/m1/s1. The number of hydrogen-bond donors (Lipinski definition) is 3. The summed E-state index contributed by atoms with van der Waals surface area (Å²) in [5.41, 5.74) is -1.07. The molecule has 3 N–H and O–H groups in total. The Balaban J connectivity index is 2.60. The minimum Gasteiger partial charge on any atom is -0.481 e. The van der Waals surface area contributed by atoms with E-state index in [-0.39, 0.29) is 12.8 Å². The van der Waals surface area contributed by atoms with E-state index in [0.717, 1.165) is 0 Å². The van der Waals surface area contributed by atoms with Crippen molar-refractivity contribution < 1.29 is 19.5 Å². The lowest BCUT2D eigenvalue weighted by Crippen LogP contribution is -2.43. The summed E-state index contributed by atoms with van der Waals surface area (Å²) in [7, 11) is 0. The molecule has 0 aromatic heterocycles. The molecule has 1 rings (SSSR count). The lowest BCUT2D eigenvalue weighted by molar-refractivity contribution is -0.137. The van der Waals surface area contributed by atoms with Crippen molar-refractivity contribution in [3.05, 3.63) is 0 Å². The van der Waals surface area contributed by atoms with Crippen molar-refractivity contribution >= 4 is 17.9 Å². The molecule has 0 unspecified atom stereocenters. The van der Waals surface area contributed by atoms with Gasteiger partial charge in [0.1, 0.15) is 5.54 Å². The number of imide groups is 1. The van der Waals surface area contributed by atoms with Crippen LogP contribution in [-0.4, -0.2) is 28.6 Å². The third kappa shape index (κ3) is 1.95. The molecule has 1 aliphatic rings. The maximum absolute atomic E-state index is 11.1. The minimum atomic E-state index is -1.07. The predicted molar refractivity (Wildman–Crippen MR) is 41.9 cm³/mol. The highest BCUT2D eigenvalue weighted by Crippen LogP contribution is 2.16. The summed E-state index contributed by atoms with van der Waals surface area (Å²) < 4.78 is 0. The monoisotopic (exact) mass is 186 g/mol. The first-order valence-electron chi connectivity index (χ1n) is 3.79. The molecule has 0 spiro atoms. The molecular weight excluding hydrogens is 176 g/mol. The summed E-state index contributed by atoms with van der Waals surface area (Å²) in [6.45, 7) is 1.50. The Morgan fingerprint density at radius 3 is 2.54 bits per heavy atom. The van der Waals surface area contributed by atoms with E-state index in [1.54, 1.807) is 0 Å². The van der Waals surface area contributed by atoms with E-state index in [0.29, 0.717) is 0 Å². The van der Waals surface area contributed by atoms with E-state index in [4.69, 9.17) is 5.11 Å². The largest absolute Gasteiger partial charge is 0.481 e. The van der Waals surface area contributed by atoms with Crippen LogP contribution in [0.4, 0.5) is 4.79 Å². The van der Waals surface area contributed by atoms with Gasteiger partial charge in [0.2, 0.25) is 0 Å². The van der Waals surface area contributed by atoms with Crippen molar-refractivity contribution in [3.8, 4) is 0 Å². The summed E-state index contributed by atoms with van der Waals surface area (Å²) in [5.74, 6) is -1.46. The lowest BCUT2D eigenvalue weighted by Gasteiger charge is -2.18. The highest BCUT2D eigenvalue weighted by molar-refractivity contribution is 6.06. The van der Waals surface area contributed by atoms with E-state index in [2.05, 4.69) is 5.32 Å². The molecule has 0 radical (unpaired) electrons. The normalized spacial score (nSPS) is 26.8. The first kappa shape index (κ1) is 9.50. The van der Waals surface area contributed by atoms with Crippen LogP contribution in [0.15, 0.2) is 0 Å². The quantitative estimate of drug-likeness (QED) is 0.515. The van der Waals surface area contributed by atoms with Gasteiger partial charge in [-0.3, -0.25) is 14.9 Å². The molecule has 6 heteroatoms. The number of carboxylic acid groups (broad SMARTS) is 1. The molecule has 0 aliphatic carbocycles. The topological polar surface area (TPSA) is 95.5 Å². The number of rotatable bonds is 3. The predicted octanol–water partition coefficient (Wildman–Crippen LogP) is -0.551. The lowest BCUT2D eigenvalue weighted by atomic mass is 9.96. The Morgan fingerprint density at radius 2 is 2.15 bits per heavy atom. The van der Waals surface area contributed by atoms with Crippen molar-refractivity contribution in [2.45, 2.75) is 25.3 Å². The second-order valence-corrected chi connectivity index (χ2v) is 3.13. The smallest absolute Gasteiger partial charge is 0.322 e. The van der Waals surface area contributed by atoms with Crippen LogP contribution in [0.5, 0.6) is 0 Å². The van der Waals surface area contributed by atoms with Crippen LogP contribution in [0.2, 0.25) is 0 Å². The fourth-order valence-corrected chi connectivity index (χ4v) is 1.11. The first-order valence-corrected chi connectivity index (χ1v) is 3.79. The molecule has 0 aromatic rings. The van der Waals surface area contributed by atoms with Crippen LogP contribution in [0.25, 0.3) is 0 Å². The molecule has 3 amide bonds. The second-order valence-electron chi connectivity index (χ2n) is 3.13. The van der Waals surface area contributed by atoms with Gasteiger partial charge in [-0.1, -0.05) is 0 Å². The van der Waals surface area contributed by atoms with Gasteiger partial charge >= 0.3 is 12.0 Å². The average molecular weight is 186 g/mol. The number of hydrogen-bond acceptors (Lipinski definition) is 3. The average Bonchev–Trinajstić information content (AvgIpc) is 2.23. The summed E-state index contributed by atoms with van der Waals surface area (Å²) in [6.07, 6.45) is -0.0515. The van der Waals surface area contributed by atoms with Crippen LogP contribution in [0.1, 0.15) is 19.8 Å². The van der Waals surface area contributed by atoms with Crippen molar-refractivity contribution in [3.63, 3.8) is 0 Å². The van der Waals surface area contributed by atoms with Gasteiger partial charge in [0.15, 0.2) is 0 Å². The van der Waals surface area contributed by atoms with E-state index >= 15 is 0 Å². The Bertz CT molecular complexity index is 276. The van der Waals surface area contributed by atoms with Crippen molar-refractivity contribution in [2.75, 3.05) is 0 Å². The molecule has 1 heterocycles. The third-order valence-electron chi connectivity index (χ3n) is 1.96. The maximum Gasteiger partial charge on any atom is 0.322 e. The second kappa shape index (κ2) is 3.04. The fourth-order valence-electron chi connectivity index (χ4n) is 1.11. The fraction of sp³-hybridized carbons (Fsp3) is 0.571. The van der Waals surface area contributed by atoms with Gasteiger partial charge in [0, 0.05) is 6.42 Å². The van der Waals surface area contributed by atoms with E-state index < -0.39 is 23.4 Å². The number of carbonyl (C=O) groups excluding carboxylic acids is 2. The number of carboxylic acids is 1. The van der Waals surface area contributed by atoms with Crippen LogP contribution in [-0.2, 0) is 9.59 Å². The highest BCUT2D eigenvalue weighted by atomic mass is 16.4. The van der Waals surface area contributed by atoms with Crippen LogP contribution >= 0.6 is 0 Å². The molecule has 0 saturated carbocycles. The number of amides is 3. The molecule has 6 nitrogen and oxygen atoms in total. The zero-order chi connectivity index (χ0) is 10.1. The van der Waals surface area contributed by atoms with Gasteiger partial charge in [-0.2, -0.15) is 0 Å². The molecule has 1 aliphatic heterocycles. The minimum absolute atomic E-state index is 0.0971. The summed E-state index contributed by atoms with van der Waals surface area (Å²) in [4.78, 5) is 32.1. The summed E-state index contributed by atoms with van der Waals surface area (Å²) >= 11 is 0. The van der Waals surface area contributed by atoms with Crippen molar-refractivity contribution in [1.29, 1.82) is 0 Å². The van der Waals surface area contributed by atoms with Gasteiger partial charge < -0.3 is 10.4 Å². The Kier molecular flexibility index (Phi) is 2.22. The number of nitrogens with one attached hydrogen (secondary N) is 2. The molecule has 0 bridgehead atoms. The SMILES string of the molecule is C[C@]1(CCC(=O)O)NC(=O)NC1=O. The molecular formula is C7H10N2O4. The Labute approximate surface area is 74.3 Å². The van der Waals surface area contributed by atoms with Crippen LogP contribution < -0.4 is 10.6 Å². The van der Waals surface area contributed by atoms with Gasteiger partial charge in [-0.05, 0) is 13.3 Å². The Hall–Kier alpha value is -1.59.